The largest absolute Gasteiger partial charge is 0.477 e. The highest BCUT2D eigenvalue weighted by Gasteiger charge is 2.33. The highest BCUT2D eigenvalue weighted by atomic mass is 19.4. The van der Waals surface area contributed by atoms with Crippen molar-refractivity contribution in [1.29, 1.82) is 0 Å². The zero-order chi connectivity index (χ0) is 18.6. The maximum atomic E-state index is 12.7. The van der Waals surface area contributed by atoms with Crippen LogP contribution in [0.1, 0.15) is 37.8 Å². The standard InChI is InChI=1S/C19H23F3N2O2/c20-19(21,22)16-7-4-8-17(23-16)26-13-14-9-11-24(12-10-14)18(25)15-5-2-1-3-6-15/h1-2,4,7-8,14-15H,3,5-6,9-13H2. The fraction of sp³-hybridized carbons (Fsp3) is 0.579. The average molecular weight is 368 g/mol. The summed E-state index contributed by atoms with van der Waals surface area (Å²) in [5.74, 6) is 0.546. The quantitative estimate of drug-likeness (QED) is 0.753. The Morgan fingerprint density at radius 2 is 1.96 bits per heavy atom. The summed E-state index contributed by atoms with van der Waals surface area (Å²) in [7, 11) is 0. The Kier molecular flexibility index (Phi) is 5.84. The van der Waals surface area contributed by atoms with Crippen LogP contribution in [0.25, 0.3) is 0 Å². The zero-order valence-corrected chi connectivity index (χ0v) is 14.5. The maximum absolute atomic E-state index is 12.7. The number of piperidine rings is 1. The van der Waals surface area contributed by atoms with Crippen molar-refractivity contribution in [3.8, 4) is 5.88 Å². The van der Waals surface area contributed by atoms with Crippen LogP contribution in [0, 0.1) is 11.8 Å². The minimum atomic E-state index is -4.47. The molecule has 0 bridgehead atoms. The molecule has 26 heavy (non-hydrogen) atoms. The van der Waals surface area contributed by atoms with Crippen LogP contribution in [0.3, 0.4) is 0 Å². The van der Waals surface area contributed by atoms with E-state index < -0.39 is 11.9 Å². The SMILES string of the molecule is O=C(C1CC=CCC1)N1CCC(COc2cccc(C(F)(F)F)n2)CC1. The minimum Gasteiger partial charge on any atom is -0.477 e. The third-order valence-electron chi connectivity index (χ3n) is 5.03. The molecule has 0 N–H and O–H groups in total. The first kappa shape index (κ1) is 18.7. The Morgan fingerprint density at radius 3 is 2.62 bits per heavy atom. The van der Waals surface area contributed by atoms with E-state index in [0.29, 0.717) is 19.7 Å². The Morgan fingerprint density at radius 1 is 1.19 bits per heavy atom. The summed E-state index contributed by atoms with van der Waals surface area (Å²) in [4.78, 5) is 17.9. The molecule has 1 atom stereocenters. The van der Waals surface area contributed by atoms with Gasteiger partial charge in [0.15, 0.2) is 0 Å². The van der Waals surface area contributed by atoms with Gasteiger partial charge in [0.2, 0.25) is 11.8 Å². The summed E-state index contributed by atoms with van der Waals surface area (Å²) in [6, 6.07) is 3.66. The zero-order valence-electron chi connectivity index (χ0n) is 14.5. The molecule has 3 rings (SSSR count). The van der Waals surface area contributed by atoms with E-state index in [2.05, 4.69) is 17.1 Å². The second-order valence-electron chi connectivity index (χ2n) is 6.92. The molecular formula is C19H23F3N2O2. The van der Waals surface area contributed by atoms with Crippen LogP contribution in [0.2, 0.25) is 0 Å². The Labute approximate surface area is 151 Å². The van der Waals surface area contributed by atoms with Crippen molar-refractivity contribution in [1.82, 2.24) is 9.88 Å². The molecule has 0 radical (unpaired) electrons. The van der Waals surface area contributed by atoms with Crippen molar-refractivity contribution in [3.05, 3.63) is 36.0 Å². The molecule has 2 heterocycles. The number of carbonyl (C=O) groups excluding carboxylic acids is 1. The van der Waals surface area contributed by atoms with E-state index in [-0.39, 0.29) is 23.6 Å². The number of ether oxygens (including phenoxy) is 1. The molecule has 1 aromatic heterocycles. The van der Waals surface area contributed by atoms with Gasteiger partial charge in [0, 0.05) is 25.1 Å². The van der Waals surface area contributed by atoms with Gasteiger partial charge in [-0.15, -0.1) is 0 Å². The van der Waals surface area contributed by atoms with Crippen molar-refractivity contribution >= 4 is 5.91 Å². The third-order valence-corrected chi connectivity index (χ3v) is 5.03. The van der Waals surface area contributed by atoms with Crippen LogP contribution in [0.5, 0.6) is 5.88 Å². The summed E-state index contributed by atoms with van der Waals surface area (Å²) in [5.41, 5.74) is -0.947. The lowest BCUT2D eigenvalue weighted by atomic mass is 9.91. The number of pyridine rings is 1. The molecular weight excluding hydrogens is 345 g/mol. The number of rotatable bonds is 4. The van der Waals surface area contributed by atoms with Crippen LogP contribution in [0.15, 0.2) is 30.4 Å². The fourth-order valence-corrected chi connectivity index (χ4v) is 3.45. The van der Waals surface area contributed by atoms with Gasteiger partial charge >= 0.3 is 6.18 Å². The second-order valence-corrected chi connectivity index (χ2v) is 6.92. The predicted octanol–water partition coefficient (Wildman–Crippen LogP) is 4.07. The number of nitrogens with zero attached hydrogens (tertiary/aromatic N) is 2. The Balaban J connectivity index is 1.46. The molecule has 0 spiro atoms. The van der Waals surface area contributed by atoms with E-state index >= 15 is 0 Å². The van der Waals surface area contributed by atoms with Gasteiger partial charge in [-0.2, -0.15) is 13.2 Å². The monoisotopic (exact) mass is 368 g/mol. The maximum Gasteiger partial charge on any atom is 0.433 e. The smallest absolute Gasteiger partial charge is 0.433 e. The average Bonchev–Trinajstić information content (AvgIpc) is 2.66. The molecule has 1 aromatic rings. The van der Waals surface area contributed by atoms with Crippen LogP contribution < -0.4 is 4.74 Å². The van der Waals surface area contributed by atoms with E-state index in [4.69, 9.17) is 4.74 Å². The van der Waals surface area contributed by atoms with E-state index in [1.807, 2.05) is 4.90 Å². The van der Waals surface area contributed by atoms with E-state index in [9.17, 15) is 18.0 Å². The van der Waals surface area contributed by atoms with Gasteiger partial charge in [-0.05, 0) is 44.1 Å². The highest BCUT2D eigenvalue weighted by molar-refractivity contribution is 5.79. The minimum absolute atomic E-state index is 0.00711. The van der Waals surface area contributed by atoms with Crippen LogP contribution >= 0.6 is 0 Å². The molecule has 0 aromatic carbocycles. The number of allylic oxidation sites excluding steroid dienone is 2. The molecule has 1 aliphatic heterocycles. The lowest BCUT2D eigenvalue weighted by Crippen LogP contribution is -2.42. The van der Waals surface area contributed by atoms with Crippen LogP contribution in [0.4, 0.5) is 13.2 Å². The summed E-state index contributed by atoms with van der Waals surface area (Å²) >= 11 is 0. The lowest BCUT2D eigenvalue weighted by Gasteiger charge is -2.34. The van der Waals surface area contributed by atoms with Gasteiger partial charge in [0.1, 0.15) is 5.69 Å². The molecule has 7 heteroatoms. The van der Waals surface area contributed by atoms with Gasteiger partial charge in [0.25, 0.3) is 0 Å². The first-order valence-electron chi connectivity index (χ1n) is 9.04. The van der Waals surface area contributed by atoms with Crippen LogP contribution in [-0.2, 0) is 11.0 Å². The summed E-state index contributed by atoms with van der Waals surface area (Å²) in [5, 5.41) is 0. The van der Waals surface area contributed by atoms with E-state index in [0.717, 1.165) is 38.2 Å². The van der Waals surface area contributed by atoms with Gasteiger partial charge in [-0.3, -0.25) is 4.79 Å². The van der Waals surface area contributed by atoms with Crippen molar-refractivity contribution < 1.29 is 22.7 Å². The molecule has 4 nitrogen and oxygen atoms in total. The number of hydrogen-bond acceptors (Lipinski definition) is 3. The first-order chi connectivity index (χ1) is 12.4. The van der Waals surface area contributed by atoms with Gasteiger partial charge in [-0.25, -0.2) is 4.98 Å². The first-order valence-corrected chi connectivity index (χ1v) is 9.04. The van der Waals surface area contributed by atoms with Gasteiger partial charge in [0.05, 0.1) is 6.61 Å². The summed E-state index contributed by atoms with van der Waals surface area (Å²) < 4.78 is 43.5. The summed E-state index contributed by atoms with van der Waals surface area (Å²) in [6.07, 6.45) is 4.02. The normalized spacial score (nSPS) is 21.7. The van der Waals surface area contributed by atoms with Crippen molar-refractivity contribution in [2.75, 3.05) is 19.7 Å². The molecule has 1 aliphatic carbocycles. The Hall–Kier alpha value is -2.05. The number of likely N-dealkylation sites (tertiary alicyclic amines) is 1. The Bertz CT molecular complexity index is 652. The molecule has 142 valence electrons. The molecule has 1 fully saturated rings. The van der Waals surface area contributed by atoms with Gasteiger partial charge < -0.3 is 9.64 Å². The van der Waals surface area contributed by atoms with Crippen molar-refractivity contribution in [3.63, 3.8) is 0 Å². The molecule has 1 saturated heterocycles. The number of aromatic nitrogens is 1. The third kappa shape index (κ3) is 4.77. The molecule has 1 amide bonds. The number of hydrogen-bond donors (Lipinski definition) is 0. The summed E-state index contributed by atoms with van der Waals surface area (Å²) in [6.45, 7) is 1.69. The van der Waals surface area contributed by atoms with Gasteiger partial charge in [-0.1, -0.05) is 18.2 Å². The predicted molar refractivity (Wildman–Crippen MR) is 90.5 cm³/mol. The number of halogens is 3. The highest BCUT2D eigenvalue weighted by Crippen LogP contribution is 2.29. The lowest BCUT2D eigenvalue weighted by molar-refractivity contribution is -0.141. The van der Waals surface area contributed by atoms with Crippen molar-refractivity contribution in [2.45, 2.75) is 38.3 Å². The van der Waals surface area contributed by atoms with Crippen LogP contribution in [-0.4, -0.2) is 35.5 Å². The number of carbonyl (C=O) groups is 1. The topological polar surface area (TPSA) is 42.4 Å². The van der Waals surface area contributed by atoms with E-state index in [1.165, 1.54) is 12.1 Å². The second kappa shape index (κ2) is 8.10. The van der Waals surface area contributed by atoms with Crippen molar-refractivity contribution in [2.24, 2.45) is 11.8 Å². The molecule has 1 unspecified atom stereocenters. The molecule has 2 aliphatic rings. The molecule has 0 saturated carbocycles. The number of alkyl halides is 3. The fourth-order valence-electron chi connectivity index (χ4n) is 3.45. The van der Waals surface area contributed by atoms with E-state index in [1.54, 1.807) is 0 Å². The number of amides is 1.